The second-order valence-corrected chi connectivity index (χ2v) is 10.1. The summed E-state index contributed by atoms with van der Waals surface area (Å²) in [6.07, 6.45) is 5.91. The van der Waals surface area contributed by atoms with Gasteiger partial charge in [-0.15, -0.1) is 0 Å². The van der Waals surface area contributed by atoms with Crippen molar-refractivity contribution in [3.8, 4) is 5.75 Å². The summed E-state index contributed by atoms with van der Waals surface area (Å²) >= 11 is 0. The first-order chi connectivity index (χ1) is 12.7. The number of hydrogen-bond donors (Lipinski definition) is 1. The zero-order valence-electron chi connectivity index (χ0n) is 16.7. The van der Waals surface area contributed by atoms with E-state index in [1.54, 1.807) is 0 Å². The Morgan fingerprint density at radius 3 is 2.52 bits per heavy atom. The third kappa shape index (κ3) is 4.14. The van der Waals surface area contributed by atoms with Crippen LogP contribution in [0.4, 0.5) is 0 Å². The molecule has 0 aromatic heterocycles. The fourth-order valence-electron chi connectivity index (χ4n) is 4.38. The average Bonchev–Trinajstić information content (AvgIpc) is 3.11. The van der Waals surface area contributed by atoms with Crippen LogP contribution in [-0.4, -0.2) is 37.2 Å². The summed E-state index contributed by atoms with van der Waals surface area (Å²) in [6, 6.07) is 4.02. The molecule has 1 fully saturated rings. The van der Waals surface area contributed by atoms with Crippen LogP contribution in [0.2, 0.25) is 0 Å². The van der Waals surface area contributed by atoms with Crippen molar-refractivity contribution < 1.29 is 18.3 Å². The van der Waals surface area contributed by atoms with Crippen LogP contribution in [0.5, 0.6) is 5.75 Å². The molecule has 1 aromatic rings. The molecule has 0 unspecified atom stereocenters. The highest BCUT2D eigenvalue weighted by atomic mass is 32.2. The van der Waals surface area contributed by atoms with Crippen molar-refractivity contribution in [1.29, 1.82) is 0 Å². The Morgan fingerprint density at radius 2 is 1.89 bits per heavy atom. The van der Waals surface area contributed by atoms with Crippen molar-refractivity contribution in [2.24, 2.45) is 0 Å². The largest absolute Gasteiger partial charge is 0.507 e. The summed E-state index contributed by atoms with van der Waals surface area (Å²) in [6.45, 7) is 8.24. The van der Waals surface area contributed by atoms with Gasteiger partial charge < -0.3 is 9.84 Å². The molecule has 0 radical (unpaired) electrons. The molecule has 1 saturated heterocycles. The Kier molecular flexibility index (Phi) is 5.82. The zero-order valence-corrected chi connectivity index (χ0v) is 17.5. The summed E-state index contributed by atoms with van der Waals surface area (Å²) in [4.78, 5) is 0. The molecule has 148 valence electrons. The minimum Gasteiger partial charge on any atom is -0.507 e. The Morgan fingerprint density at radius 1 is 1.22 bits per heavy atom. The molecule has 1 aromatic carbocycles. The van der Waals surface area contributed by atoms with E-state index < -0.39 is 15.1 Å². The van der Waals surface area contributed by atoms with Gasteiger partial charge in [0, 0.05) is 0 Å². The van der Waals surface area contributed by atoms with Crippen LogP contribution in [0.15, 0.2) is 28.9 Å². The third-order valence-electron chi connectivity index (χ3n) is 5.67. The lowest BCUT2D eigenvalue weighted by atomic mass is 9.95. The van der Waals surface area contributed by atoms with Crippen LogP contribution < -0.4 is 0 Å². The normalized spacial score (nSPS) is 24.5. The van der Waals surface area contributed by atoms with Crippen molar-refractivity contribution in [2.45, 2.75) is 64.7 Å². The zero-order chi connectivity index (χ0) is 19.8. The van der Waals surface area contributed by atoms with Gasteiger partial charge in [0.25, 0.3) is 0 Å². The molecule has 4 nitrogen and oxygen atoms in total. The highest BCUT2D eigenvalue weighted by Gasteiger charge is 2.45. The van der Waals surface area contributed by atoms with Gasteiger partial charge in [-0.3, -0.25) is 0 Å². The van der Waals surface area contributed by atoms with E-state index in [1.807, 2.05) is 32.9 Å². The maximum atomic E-state index is 12.2. The minimum atomic E-state index is -3.05. The molecule has 3 rings (SSSR count). The summed E-state index contributed by atoms with van der Waals surface area (Å²) in [5, 5.41) is 9.56. The summed E-state index contributed by atoms with van der Waals surface area (Å²) in [5.41, 5.74) is 6.21. The number of fused-ring (bicyclic) bond motifs is 1. The van der Waals surface area contributed by atoms with Crippen LogP contribution in [0, 0.1) is 13.8 Å². The molecule has 27 heavy (non-hydrogen) atoms. The molecule has 5 heteroatoms. The van der Waals surface area contributed by atoms with Gasteiger partial charge in [0.15, 0.2) is 9.84 Å². The van der Waals surface area contributed by atoms with Crippen LogP contribution in [0.25, 0.3) is 6.08 Å². The Labute approximate surface area is 162 Å². The molecule has 2 heterocycles. The Hall–Kier alpha value is -1.59. The molecule has 0 saturated carbocycles. The number of allylic oxidation sites excluding steroid dienone is 1. The number of aromatic hydroxyl groups is 1. The van der Waals surface area contributed by atoms with E-state index in [2.05, 4.69) is 13.0 Å². The van der Waals surface area contributed by atoms with Gasteiger partial charge in [-0.1, -0.05) is 30.6 Å². The Bertz CT molecular complexity index is 870. The molecule has 2 aliphatic heterocycles. The van der Waals surface area contributed by atoms with E-state index in [9.17, 15) is 13.5 Å². The first kappa shape index (κ1) is 20.2. The number of phenols is 1. The van der Waals surface area contributed by atoms with E-state index in [4.69, 9.17) is 4.74 Å². The highest BCUT2D eigenvalue weighted by Crippen LogP contribution is 2.38. The van der Waals surface area contributed by atoms with E-state index in [0.717, 1.165) is 53.5 Å². The third-order valence-corrected chi connectivity index (χ3v) is 7.76. The maximum absolute atomic E-state index is 12.2. The number of benzene rings is 1. The van der Waals surface area contributed by atoms with Crippen LogP contribution >= 0.6 is 0 Å². The van der Waals surface area contributed by atoms with Crippen molar-refractivity contribution in [3.63, 3.8) is 0 Å². The van der Waals surface area contributed by atoms with E-state index in [-0.39, 0.29) is 11.9 Å². The number of rotatable bonds is 6. The quantitative estimate of drug-likeness (QED) is 0.727. The number of hydrogen-bond acceptors (Lipinski definition) is 4. The van der Waals surface area contributed by atoms with Crippen molar-refractivity contribution in [2.75, 3.05) is 12.4 Å². The Balaban J connectivity index is 1.76. The first-order valence-electron chi connectivity index (χ1n) is 9.75. The van der Waals surface area contributed by atoms with E-state index in [0.29, 0.717) is 12.4 Å². The number of sulfone groups is 1. The van der Waals surface area contributed by atoms with Gasteiger partial charge in [-0.25, -0.2) is 8.42 Å². The molecule has 0 aliphatic carbocycles. The maximum Gasteiger partial charge on any atom is 0.163 e. The molecular formula is C22H30O4S. The van der Waals surface area contributed by atoms with Gasteiger partial charge in [-0.2, -0.15) is 0 Å². The van der Waals surface area contributed by atoms with Gasteiger partial charge in [0.2, 0.25) is 0 Å². The second-order valence-electron chi connectivity index (χ2n) is 7.95. The van der Waals surface area contributed by atoms with E-state index >= 15 is 0 Å². The molecule has 0 amide bonds. The SMILES string of the molecule is CCC/C(=C\c1cc(C)c(O)c(C)c1)CC[C@H]1OC[C@H]2C1=C(C)CS2(=O)=O. The lowest BCUT2D eigenvalue weighted by Crippen LogP contribution is -2.19. The predicted molar refractivity (Wildman–Crippen MR) is 110 cm³/mol. The second kappa shape index (κ2) is 7.80. The topological polar surface area (TPSA) is 63.6 Å². The van der Waals surface area contributed by atoms with Gasteiger partial charge in [0.05, 0.1) is 18.5 Å². The van der Waals surface area contributed by atoms with Crippen molar-refractivity contribution in [3.05, 3.63) is 45.5 Å². The number of ether oxygens (including phenoxy) is 1. The number of phenolic OH excluding ortho intramolecular Hbond substituents is 1. The van der Waals surface area contributed by atoms with Gasteiger partial charge in [-0.05, 0) is 74.4 Å². The summed E-state index contributed by atoms with van der Waals surface area (Å²) < 4.78 is 30.3. The standard InChI is InChI=1S/C22H30O4S/c1-5-6-17(11-18-9-14(2)22(23)15(3)10-18)7-8-19-21-16(4)13-27(24,25)20(21)12-26-19/h9-11,19-20,23H,5-8,12-13H2,1-4H3/b17-11+/t19-,20+/m1/s1. The minimum absolute atomic E-state index is 0.0733. The smallest absolute Gasteiger partial charge is 0.163 e. The number of aryl methyl sites for hydroxylation is 2. The lowest BCUT2D eigenvalue weighted by Gasteiger charge is -2.14. The fraction of sp³-hybridized carbons (Fsp3) is 0.545. The molecule has 0 spiro atoms. The summed E-state index contributed by atoms with van der Waals surface area (Å²) in [7, 11) is -3.05. The van der Waals surface area contributed by atoms with Crippen molar-refractivity contribution >= 4 is 15.9 Å². The van der Waals surface area contributed by atoms with Crippen LogP contribution in [-0.2, 0) is 14.6 Å². The molecule has 1 N–H and O–H groups in total. The summed E-state index contributed by atoms with van der Waals surface area (Å²) in [5.74, 6) is 0.552. The monoisotopic (exact) mass is 390 g/mol. The molecule has 2 atom stereocenters. The van der Waals surface area contributed by atoms with Crippen LogP contribution in [0.1, 0.15) is 56.2 Å². The molecule has 0 bridgehead atoms. The van der Waals surface area contributed by atoms with E-state index in [1.165, 1.54) is 5.57 Å². The highest BCUT2D eigenvalue weighted by molar-refractivity contribution is 7.92. The molecule has 2 aliphatic rings. The molecular weight excluding hydrogens is 360 g/mol. The van der Waals surface area contributed by atoms with Gasteiger partial charge >= 0.3 is 0 Å². The van der Waals surface area contributed by atoms with Crippen LogP contribution in [0.3, 0.4) is 0 Å². The average molecular weight is 391 g/mol. The fourth-order valence-corrected chi connectivity index (χ4v) is 6.37. The lowest BCUT2D eigenvalue weighted by molar-refractivity contribution is 0.117. The van der Waals surface area contributed by atoms with Crippen molar-refractivity contribution in [1.82, 2.24) is 0 Å². The first-order valence-corrected chi connectivity index (χ1v) is 11.5. The van der Waals surface area contributed by atoms with Gasteiger partial charge in [0.1, 0.15) is 11.0 Å². The predicted octanol–water partition coefficient (Wildman–Crippen LogP) is 4.49.